The van der Waals surface area contributed by atoms with Gasteiger partial charge in [0.25, 0.3) is 5.16 Å². The zero-order valence-electron chi connectivity index (χ0n) is 21.8. The highest BCUT2D eigenvalue weighted by Crippen LogP contribution is 2.39. The van der Waals surface area contributed by atoms with Crippen LogP contribution in [0.15, 0.2) is 34.8 Å². The van der Waals surface area contributed by atoms with Crippen molar-refractivity contribution in [2.45, 2.75) is 50.4 Å². The monoisotopic (exact) mass is 563 g/mol. The van der Waals surface area contributed by atoms with Gasteiger partial charge in [-0.2, -0.15) is 4.98 Å². The van der Waals surface area contributed by atoms with Gasteiger partial charge < -0.3 is 19.7 Å². The van der Waals surface area contributed by atoms with Gasteiger partial charge in [-0.05, 0) is 57.9 Å². The summed E-state index contributed by atoms with van der Waals surface area (Å²) in [7, 11) is -2.37. The van der Waals surface area contributed by atoms with Crippen LogP contribution in [0.5, 0.6) is 5.88 Å². The van der Waals surface area contributed by atoms with E-state index in [4.69, 9.17) is 9.47 Å². The second-order valence-electron chi connectivity index (χ2n) is 9.97. The summed E-state index contributed by atoms with van der Waals surface area (Å²) < 4.78 is 49.1. The number of carbonyl (C=O) groups is 1. The van der Waals surface area contributed by atoms with E-state index in [1.165, 1.54) is 30.6 Å². The number of benzene rings is 1. The molecule has 0 spiro atoms. The number of methoxy groups -OCH3 is 1. The minimum atomic E-state index is -3.76. The highest BCUT2D eigenvalue weighted by molar-refractivity contribution is 7.90. The number of nitrogens with zero attached hydrogens (tertiary/aromatic N) is 4. The first kappa shape index (κ1) is 27.7. The maximum absolute atomic E-state index is 13.4. The molecule has 38 heavy (non-hydrogen) atoms. The van der Waals surface area contributed by atoms with Gasteiger partial charge in [-0.15, -0.1) is 11.3 Å². The number of anilines is 1. The second-order valence-corrected chi connectivity index (χ2v) is 12.7. The summed E-state index contributed by atoms with van der Waals surface area (Å²) in [6, 6.07) is 5.72. The molecule has 1 aliphatic heterocycles. The molecule has 1 amide bonds. The second kappa shape index (κ2) is 10.8. The smallest absolute Gasteiger partial charge is 0.410 e. The van der Waals surface area contributed by atoms with E-state index in [2.05, 4.69) is 20.3 Å². The predicted molar refractivity (Wildman–Crippen MR) is 143 cm³/mol. The molecule has 10 nitrogen and oxygen atoms in total. The van der Waals surface area contributed by atoms with Crippen LogP contribution in [0.1, 0.15) is 33.6 Å². The molecule has 2 aromatic heterocycles. The number of likely N-dealkylation sites (tertiary alicyclic amines) is 1. The Morgan fingerprint density at radius 3 is 2.53 bits per heavy atom. The normalized spacial score (nSPS) is 16.3. The number of hydrogen-bond acceptors (Lipinski definition) is 10. The number of rotatable bonds is 6. The van der Waals surface area contributed by atoms with Crippen LogP contribution in [0, 0.1) is 5.82 Å². The summed E-state index contributed by atoms with van der Waals surface area (Å²) in [4.78, 5) is 27.4. The Morgan fingerprint density at radius 1 is 1.18 bits per heavy atom. The van der Waals surface area contributed by atoms with Gasteiger partial charge in [0.05, 0.1) is 12.8 Å². The fourth-order valence-corrected chi connectivity index (χ4v) is 5.32. The lowest BCUT2D eigenvalue weighted by Crippen LogP contribution is -2.47. The SMILES string of the molecule is COc1nc(S(C)(=O)=O)nc(NC2CCCN(C(=O)OC(C)(C)C)C2)c1-c1nc(-c2ccc(F)cc2)cs1. The molecule has 1 aliphatic rings. The highest BCUT2D eigenvalue weighted by Gasteiger charge is 2.30. The van der Waals surface area contributed by atoms with Crippen molar-refractivity contribution in [2.24, 2.45) is 0 Å². The molecule has 0 aliphatic carbocycles. The lowest BCUT2D eigenvalue weighted by atomic mass is 10.1. The molecule has 3 aromatic rings. The summed E-state index contributed by atoms with van der Waals surface area (Å²) >= 11 is 1.29. The number of carbonyl (C=O) groups excluding carboxylic acids is 1. The van der Waals surface area contributed by atoms with Gasteiger partial charge in [-0.3, -0.25) is 0 Å². The summed E-state index contributed by atoms with van der Waals surface area (Å²) in [6.07, 6.45) is 2.05. The first-order chi connectivity index (χ1) is 17.8. The van der Waals surface area contributed by atoms with E-state index in [-0.39, 0.29) is 23.6 Å². The highest BCUT2D eigenvalue weighted by atomic mass is 32.2. The Labute approximate surface area is 225 Å². The van der Waals surface area contributed by atoms with Gasteiger partial charge in [-0.25, -0.2) is 27.6 Å². The van der Waals surface area contributed by atoms with E-state index in [0.717, 1.165) is 24.7 Å². The van der Waals surface area contributed by atoms with Crippen molar-refractivity contribution in [1.82, 2.24) is 19.9 Å². The maximum Gasteiger partial charge on any atom is 0.410 e. The van der Waals surface area contributed by atoms with E-state index < -0.39 is 26.7 Å². The largest absolute Gasteiger partial charge is 0.480 e. The van der Waals surface area contributed by atoms with Crippen LogP contribution in [-0.4, -0.2) is 72.5 Å². The van der Waals surface area contributed by atoms with Crippen molar-refractivity contribution >= 4 is 33.1 Å². The van der Waals surface area contributed by atoms with Gasteiger partial charge in [0.1, 0.15) is 27.8 Å². The molecule has 204 valence electrons. The van der Waals surface area contributed by atoms with Gasteiger partial charge >= 0.3 is 6.09 Å². The molecule has 0 bridgehead atoms. The Balaban J connectivity index is 1.71. The van der Waals surface area contributed by atoms with E-state index >= 15 is 0 Å². The van der Waals surface area contributed by atoms with Crippen molar-refractivity contribution in [3.8, 4) is 27.7 Å². The lowest BCUT2D eigenvalue weighted by Gasteiger charge is -2.34. The topological polar surface area (TPSA) is 124 Å². The fraction of sp³-hybridized carbons (Fsp3) is 0.440. The van der Waals surface area contributed by atoms with Gasteiger partial charge in [0, 0.05) is 36.3 Å². The van der Waals surface area contributed by atoms with Crippen LogP contribution in [-0.2, 0) is 14.6 Å². The van der Waals surface area contributed by atoms with E-state index in [1.807, 2.05) is 20.8 Å². The number of ether oxygens (including phenoxy) is 2. The van der Waals surface area contributed by atoms with Crippen LogP contribution in [0.2, 0.25) is 0 Å². The fourth-order valence-electron chi connectivity index (χ4n) is 3.95. The summed E-state index contributed by atoms with van der Waals surface area (Å²) in [5.41, 5.74) is 1.10. The average molecular weight is 564 g/mol. The third kappa shape index (κ3) is 6.57. The van der Waals surface area contributed by atoms with Crippen LogP contribution in [0.3, 0.4) is 0 Å². The molecule has 1 atom stereocenters. The predicted octanol–water partition coefficient (Wildman–Crippen LogP) is 4.63. The minimum absolute atomic E-state index is 0.0442. The Morgan fingerprint density at radius 2 is 1.89 bits per heavy atom. The van der Waals surface area contributed by atoms with Crippen molar-refractivity contribution in [2.75, 3.05) is 31.8 Å². The molecule has 0 saturated carbocycles. The first-order valence-corrected chi connectivity index (χ1v) is 14.7. The summed E-state index contributed by atoms with van der Waals surface area (Å²) in [5.74, 6) is -0.0777. The number of hydrogen-bond donors (Lipinski definition) is 1. The quantitative estimate of drug-likeness (QED) is 0.428. The zero-order valence-corrected chi connectivity index (χ0v) is 23.5. The van der Waals surface area contributed by atoms with Crippen molar-refractivity contribution in [3.63, 3.8) is 0 Å². The molecular weight excluding hydrogens is 533 g/mol. The third-order valence-electron chi connectivity index (χ3n) is 5.65. The van der Waals surface area contributed by atoms with E-state index in [1.54, 1.807) is 22.4 Å². The van der Waals surface area contributed by atoms with Crippen molar-refractivity contribution in [3.05, 3.63) is 35.5 Å². The van der Waals surface area contributed by atoms with E-state index in [0.29, 0.717) is 29.4 Å². The molecule has 3 heterocycles. The Bertz CT molecular complexity index is 1420. The molecular formula is C25H30FN5O5S2. The lowest BCUT2D eigenvalue weighted by molar-refractivity contribution is 0.0206. The minimum Gasteiger partial charge on any atom is -0.480 e. The summed E-state index contributed by atoms with van der Waals surface area (Å²) in [5, 5.41) is 5.21. The first-order valence-electron chi connectivity index (χ1n) is 12.0. The summed E-state index contributed by atoms with van der Waals surface area (Å²) in [6.45, 7) is 6.32. The molecule has 1 aromatic carbocycles. The number of amides is 1. The number of piperidine rings is 1. The van der Waals surface area contributed by atoms with Crippen LogP contribution in [0.25, 0.3) is 21.8 Å². The van der Waals surface area contributed by atoms with Crippen LogP contribution in [0.4, 0.5) is 15.0 Å². The van der Waals surface area contributed by atoms with Crippen LogP contribution < -0.4 is 10.1 Å². The number of nitrogens with one attached hydrogen (secondary N) is 1. The maximum atomic E-state index is 13.4. The standard InChI is InChI=1S/C25H30FN5O5S2/c1-25(2,3)36-24(32)31-12-6-7-17(13-31)27-20-19(21(35-4)30-23(29-20)38(5,33)34)22-28-18(14-37-22)15-8-10-16(26)11-9-15/h8-11,14,17H,6-7,12-13H2,1-5H3,(H,27,29,30). The molecule has 1 unspecified atom stereocenters. The number of sulfone groups is 1. The molecule has 1 saturated heterocycles. The molecule has 0 radical (unpaired) electrons. The number of thiazole rings is 1. The Hall–Kier alpha value is -3.32. The van der Waals surface area contributed by atoms with Crippen molar-refractivity contribution < 1.29 is 27.1 Å². The number of aromatic nitrogens is 3. The van der Waals surface area contributed by atoms with Crippen molar-refractivity contribution in [1.29, 1.82) is 0 Å². The average Bonchev–Trinajstić information content (AvgIpc) is 3.32. The van der Waals surface area contributed by atoms with Crippen LogP contribution >= 0.6 is 11.3 Å². The number of halogens is 1. The van der Waals surface area contributed by atoms with Gasteiger partial charge in [0.2, 0.25) is 15.7 Å². The molecule has 1 N–H and O–H groups in total. The molecule has 4 rings (SSSR count). The van der Waals surface area contributed by atoms with Gasteiger partial charge in [0.15, 0.2) is 0 Å². The zero-order chi connectivity index (χ0) is 27.7. The van der Waals surface area contributed by atoms with E-state index in [9.17, 15) is 17.6 Å². The third-order valence-corrected chi connectivity index (χ3v) is 7.36. The Kier molecular flexibility index (Phi) is 7.88. The molecule has 13 heteroatoms. The van der Waals surface area contributed by atoms with Gasteiger partial charge in [-0.1, -0.05) is 0 Å². The molecule has 1 fully saturated rings.